The Labute approximate surface area is 117 Å². The maximum Gasteiger partial charge on any atom is 0.253 e. The lowest BCUT2D eigenvalue weighted by atomic mass is 10.3. The highest BCUT2D eigenvalue weighted by Gasteiger charge is 2.00. The van der Waals surface area contributed by atoms with Gasteiger partial charge < -0.3 is 15.8 Å². The number of aromatic nitrogens is 2. The molecule has 0 fully saturated rings. The number of methoxy groups -OCH3 is 1. The van der Waals surface area contributed by atoms with Crippen molar-refractivity contribution in [2.24, 2.45) is 10.7 Å². The van der Waals surface area contributed by atoms with Crippen molar-refractivity contribution < 1.29 is 4.74 Å². The molecule has 6 heteroatoms. The molecule has 0 radical (unpaired) electrons. The molecule has 0 amide bonds. The first-order valence-electron chi connectivity index (χ1n) is 6.14. The predicted octanol–water partition coefficient (Wildman–Crippen LogP) is 2.16. The maximum absolute atomic E-state index is 5.84. The molecule has 0 aliphatic carbocycles. The van der Waals surface area contributed by atoms with Crippen LogP contribution in [0.5, 0.6) is 5.75 Å². The molecule has 1 heterocycles. The van der Waals surface area contributed by atoms with Crippen LogP contribution in [0.2, 0.25) is 0 Å². The Kier molecular flexibility index (Phi) is 4.14. The Balaban J connectivity index is 2.13. The van der Waals surface area contributed by atoms with Gasteiger partial charge in [0.1, 0.15) is 5.75 Å². The molecule has 0 aliphatic heterocycles. The van der Waals surface area contributed by atoms with E-state index in [2.05, 4.69) is 20.3 Å². The van der Waals surface area contributed by atoms with Crippen molar-refractivity contribution in [3.05, 3.63) is 41.7 Å². The molecule has 0 bridgehead atoms. The van der Waals surface area contributed by atoms with Crippen LogP contribution in [0.25, 0.3) is 0 Å². The molecular weight excluding hydrogens is 254 g/mol. The topological polar surface area (TPSA) is 85.4 Å². The number of benzene rings is 1. The van der Waals surface area contributed by atoms with E-state index in [0.717, 1.165) is 22.8 Å². The van der Waals surface area contributed by atoms with Gasteiger partial charge in [0, 0.05) is 17.1 Å². The standard InChI is InChI=1S/C14H17N5O/c1-9-8-10(2)17-14(16-9)19-13(15)18-11-4-6-12(20-3)7-5-11/h4-8H,1-3H3,(H3,15,16,17,18,19). The van der Waals surface area contributed by atoms with Gasteiger partial charge in [-0.1, -0.05) is 0 Å². The quantitative estimate of drug-likeness (QED) is 0.660. The number of ether oxygens (including phenoxy) is 1. The molecular formula is C14H17N5O. The van der Waals surface area contributed by atoms with E-state index in [9.17, 15) is 0 Å². The number of aryl methyl sites for hydroxylation is 2. The summed E-state index contributed by atoms with van der Waals surface area (Å²) in [4.78, 5) is 12.6. The van der Waals surface area contributed by atoms with E-state index in [-0.39, 0.29) is 5.96 Å². The molecule has 0 saturated heterocycles. The summed E-state index contributed by atoms with van der Waals surface area (Å²) in [5.41, 5.74) is 8.36. The van der Waals surface area contributed by atoms with Crippen LogP contribution in [0.3, 0.4) is 0 Å². The van der Waals surface area contributed by atoms with E-state index in [1.54, 1.807) is 7.11 Å². The minimum atomic E-state index is 0.236. The largest absolute Gasteiger partial charge is 0.497 e. The smallest absolute Gasteiger partial charge is 0.253 e. The summed E-state index contributed by atoms with van der Waals surface area (Å²) in [6.45, 7) is 3.78. The number of aliphatic imine (C=N–C) groups is 1. The maximum atomic E-state index is 5.84. The molecule has 20 heavy (non-hydrogen) atoms. The lowest BCUT2D eigenvalue weighted by Gasteiger charge is -2.06. The van der Waals surface area contributed by atoms with Gasteiger partial charge in [-0.05, 0) is 44.2 Å². The third-order valence-corrected chi connectivity index (χ3v) is 2.55. The molecule has 0 atom stereocenters. The Morgan fingerprint density at radius 1 is 1.15 bits per heavy atom. The van der Waals surface area contributed by atoms with Crippen LogP contribution < -0.4 is 15.8 Å². The SMILES string of the molecule is COc1ccc(N/C(N)=N/c2nc(C)cc(C)n2)cc1. The molecule has 0 saturated carbocycles. The second kappa shape index (κ2) is 6.01. The van der Waals surface area contributed by atoms with Crippen LogP contribution in [-0.2, 0) is 0 Å². The van der Waals surface area contributed by atoms with E-state index in [4.69, 9.17) is 10.5 Å². The van der Waals surface area contributed by atoms with Crippen molar-refractivity contribution in [3.8, 4) is 5.75 Å². The number of hydrogen-bond acceptors (Lipinski definition) is 4. The van der Waals surface area contributed by atoms with Crippen LogP contribution >= 0.6 is 0 Å². The Morgan fingerprint density at radius 2 is 1.75 bits per heavy atom. The van der Waals surface area contributed by atoms with Crippen molar-refractivity contribution in [3.63, 3.8) is 0 Å². The molecule has 0 aliphatic rings. The monoisotopic (exact) mass is 271 g/mol. The van der Waals surface area contributed by atoms with Gasteiger partial charge in [-0.15, -0.1) is 0 Å². The van der Waals surface area contributed by atoms with Crippen LogP contribution in [0.1, 0.15) is 11.4 Å². The van der Waals surface area contributed by atoms with Gasteiger partial charge in [0.25, 0.3) is 5.95 Å². The lowest BCUT2D eigenvalue weighted by Crippen LogP contribution is -2.22. The summed E-state index contributed by atoms with van der Waals surface area (Å²) in [6, 6.07) is 9.26. The number of guanidine groups is 1. The first kappa shape index (κ1) is 13.8. The van der Waals surface area contributed by atoms with E-state index in [0.29, 0.717) is 5.95 Å². The summed E-state index contributed by atoms with van der Waals surface area (Å²) in [5.74, 6) is 1.37. The number of nitrogens with zero attached hydrogens (tertiary/aromatic N) is 3. The number of hydrogen-bond donors (Lipinski definition) is 2. The van der Waals surface area contributed by atoms with Gasteiger partial charge >= 0.3 is 0 Å². The van der Waals surface area contributed by atoms with Crippen molar-refractivity contribution in [2.45, 2.75) is 13.8 Å². The summed E-state index contributed by atoms with van der Waals surface area (Å²) < 4.78 is 5.09. The van der Waals surface area contributed by atoms with E-state index < -0.39 is 0 Å². The van der Waals surface area contributed by atoms with Gasteiger partial charge in [-0.3, -0.25) is 0 Å². The molecule has 3 N–H and O–H groups in total. The van der Waals surface area contributed by atoms with Crippen molar-refractivity contribution in [1.82, 2.24) is 9.97 Å². The van der Waals surface area contributed by atoms with Crippen molar-refractivity contribution >= 4 is 17.6 Å². The highest BCUT2D eigenvalue weighted by atomic mass is 16.5. The Morgan fingerprint density at radius 3 is 2.30 bits per heavy atom. The third kappa shape index (κ3) is 3.68. The molecule has 2 rings (SSSR count). The van der Waals surface area contributed by atoms with Gasteiger partial charge in [0.2, 0.25) is 5.96 Å². The molecule has 6 nitrogen and oxygen atoms in total. The molecule has 1 aromatic heterocycles. The summed E-state index contributed by atoms with van der Waals surface area (Å²) in [7, 11) is 1.62. The molecule has 0 spiro atoms. The lowest BCUT2D eigenvalue weighted by molar-refractivity contribution is 0.415. The van der Waals surface area contributed by atoms with E-state index >= 15 is 0 Å². The third-order valence-electron chi connectivity index (χ3n) is 2.55. The van der Waals surface area contributed by atoms with Crippen LogP contribution in [0.4, 0.5) is 11.6 Å². The number of nitrogens with two attached hydrogens (primary N) is 1. The average Bonchev–Trinajstić information content (AvgIpc) is 2.38. The minimum absolute atomic E-state index is 0.236. The zero-order valence-electron chi connectivity index (χ0n) is 11.7. The van der Waals surface area contributed by atoms with Crippen LogP contribution in [0, 0.1) is 13.8 Å². The second-order valence-electron chi connectivity index (χ2n) is 4.30. The molecule has 104 valence electrons. The normalized spacial score (nSPS) is 11.2. The number of anilines is 1. The van der Waals surface area contributed by atoms with Crippen molar-refractivity contribution in [1.29, 1.82) is 0 Å². The predicted molar refractivity (Wildman–Crippen MR) is 79.4 cm³/mol. The summed E-state index contributed by atoms with van der Waals surface area (Å²) >= 11 is 0. The van der Waals surface area contributed by atoms with Crippen LogP contribution in [-0.4, -0.2) is 23.0 Å². The molecule has 2 aromatic rings. The first-order chi connectivity index (χ1) is 9.56. The number of nitrogens with one attached hydrogen (secondary N) is 1. The fraction of sp³-hybridized carbons (Fsp3) is 0.214. The average molecular weight is 271 g/mol. The highest BCUT2D eigenvalue weighted by Crippen LogP contribution is 2.15. The zero-order valence-corrected chi connectivity index (χ0v) is 11.7. The Bertz CT molecular complexity index is 602. The van der Waals surface area contributed by atoms with E-state index in [1.165, 1.54) is 0 Å². The Hall–Kier alpha value is -2.63. The van der Waals surface area contributed by atoms with Crippen molar-refractivity contribution in [2.75, 3.05) is 12.4 Å². The molecule has 1 aromatic carbocycles. The summed E-state index contributed by atoms with van der Waals surface area (Å²) in [5, 5.41) is 2.97. The summed E-state index contributed by atoms with van der Waals surface area (Å²) in [6.07, 6.45) is 0. The fourth-order valence-electron chi connectivity index (χ4n) is 1.72. The van der Waals surface area contributed by atoms with Gasteiger partial charge in [-0.25, -0.2) is 9.97 Å². The van der Waals surface area contributed by atoms with Gasteiger partial charge in [0.15, 0.2) is 0 Å². The van der Waals surface area contributed by atoms with Crippen LogP contribution in [0.15, 0.2) is 35.3 Å². The highest BCUT2D eigenvalue weighted by molar-refractivity contribution is 5.93. The van der Waals surface area contributed by atoms with Gasteiger partial charge in [0.05, 0.1) is 7.11 Å². The van der Waals surface area contributed by atoms with E-state index in [1.807, 2.05) is 44.2 Å². The van der Waals surface area contributed by atoms with Gasteiger partial charge in [-0.2, -0.15) is 4.99 Å². The minimum Gasteiger partial charge on any atom is -0.497 e. The number of rotatable bonds is 3. The zero-order chi connectivity index (χ0) is 14.5. The molecule has 0 unspecified atom stereocenters. The first-order valence-corrected chi connectivity index (χ1v) is 6.14. The fourth-order valence-corrected chi connectivity index (χ4v) is 1.72. The second-order valence-corrected chi connectivity index (χ2v) is 4.30.